The van der Waals surface area contributed by atoms with Gasteiger partial charge in [0.2, 0.25) is 17.7 Å². The predicted molar refractivity (Wildman–Crippen MR) is 108 cm³/mol. The number of carbonyl (C=O) groups is 3. The number of amides is 3. The summed E-state index contributed by atoms with van der Waals surface area (Å²) in [5, 5.41) is 5.47. The van der Waals surface area contributed by atoms with Crippen molar-refractivity contribution in [2.75, 3.05) is 22.1 Å². The average Bonchev–Trinajstić information content (AvgIpc) is 2.57. The maximum absolute atomic E-state index is 12.3. The third-order valence-electron chi connectivity index (χ3n) is 4.06. The van der Waals surface area contributed by atoms with Crippen LogP contribution in [0.5, 0.6) is 0 Å². The van der Waals surface area contributed by atoms with Gasteiger partial charge >= 0.3 is 0 Å². The van der Waals surface area contributed by atoms with Gasteiger partial charge in [-0.3, -0.25) is 14.4 Å². The van der Waals surface area contributed by atoms with Crippen LogP contribution in [0.1, 0.15) is 31.4 Å². The molecule has 0 fully saturated rings. The zero-order chi connectivity index (χ0) is 20.0. The first-order valence-corrected chi connectivity index (χ1v) is 8.79. The number of nitrogens with one attached hydrogen (secondary N) is 2. The number of carbonyl (C=O) groups excluding carboxylic acids is 3. The van der Waals surface area contributed by atoms with Crippen molar-refractivity contribution in [3.63, 3.8) is 0 Å². The summed E-state index contributed by atoms with van der Waals surface area (Å²) in [6, 6.07) is 12.8. The fourth-order valence-electron chi connectivity index (χ4n) is 2.77. The molecule has 2 N–H and O–H groups in total. The van der Waals surface area contributed by atoms with E-state index in [2.05, 4.69) is 10.6 Å². The van der Waals surface area contributed by atoms with E-state index in [9.17, 15) is 14.4 Å². The molecule has 0 aliphatic carbocycles. The number of aryl methyl sites for hydroxylation is 2. The molecule has 2 aromatic rings. The zero-order valence-corrected chi connectivity index (χ0v) is 16.1. The molecule has 2 rings (SSSR count). The van der Waals surface area contributed by atoms with Crippen molar-refractivity contribution in [2.24, 2.45) is 0 Å². The van der Waals surface area contributed by atoms with Gasteiger partial charge in [-0.2, -0.15) is 0 Å². The lowest BCUT2D eigenvalue weighted by Crippen LogP contribution is -2.32. The van der Waals surface area contributed by atoms with E-state index in [4.69, 9.17) is 0 Å². The lowest BCUT2D eigenvalue weighted by molar-refractivity contribution is -0.117. The van der Waals surface area contributed by atoms with E-state index in [0.717, 1.165) is 16.8 Å². The molecule has 27 heavy (non-hydrogen) atoms. The van der Waals surface area contributed by atoms with E-state index in [1.165, 1.54) is 13.8 Å². The average molecular weight is 367 g/mol. The Balaban J connectivity index is 2.03. The van der Waals surface area contributed by atoms with Gasteiger partial charge in [0.25, 0.3) is 0 Å². The fourth-order valence-corrected chi connectivity index (χ4v) is 2.77. The molecule has 2 aromatic carbocycles. The van der Waals surface area contributed by atoms with Crippen LogP contribution >= 0.6 is 0 Å². The van der Waals surface area contributed by atoms with Gasteiger partial charge in [0.05, 0.1) is 0 Å². The van der Waals surface area contributed by atoms with Crippen LogP contribution in [-0.4, -0.2) is 24.3 Å². The van der Waals surface area contributed by atoms with Gasteiger partial charge in [-0.05, 0) is 49.2 Å². The van der Waals surface area contributed by atoms with Crippen molar-refractivity contribution < 1.29 is 14.4 Å². The maximum atomic E-state index is 12.3. The van der Waals surface area contributed by atoms with E-state index in [-0.39, 0.29) is 30.7 Å². The van der Waals surface area contributed by atoms with Gasteiger partial charge in [-0.25, -0.2) is 0 Å². The van der Waals surface area contributed by atoms with Crippen LogP contribution in [0, 0.1) is 13.8 Å². The van der Waals surface area contributed by atoms with Crippen LogP contribution in [0.4, 0.5) is 17.1 Å². The lowest BCUT2D eigenvalue weighted by atomic mass is 10.1. The number of nitrogens with zero attached hydrogens (tertiary/aromatic N) is 1. The second kappa shape index (κ2) is 8.98. The van der Waals surface area contributed by atoms with E-state index in [1.54, 1.807) is 29.2 Å². The largest absolute Gasteiger partial charge is 0.326 e. The van der Waals surface area contributed by atoms with Crippen molar-refractivity contribution >= 4 is 34.8 Å². The number of hydrogen-bond acceptors (Lipinski definition) is 3. The Kier molecular flexibility index (Phi) is 6.71. The van der Waals surface area contributed by atoms with Crippen LogP contribution in [-0.2, 0) is 14.4 Å². The van der Waals surface area contributed by atoms with E-state index in [0.29, 0.717) is 11.4 Å². The second-order valence-electron chi connectivity index (χ2n) is 6.52. The summed E-state index contributed by atoms with van der Waals surface area (Å²) in [6.45, 7) is 7.12. The summed E-state index contributed by atoms with van der Waals surface area (Å²) in [4.78, 5) is 37.2. The number of anilines is 3. The predicted octanol–water partition coefficient (Wildman–Crippen LogP) is 3.64. The van der Waals surface area contributed by atoms with E-state index >= 15 is 0 Å². The third-order valence-corrected chi connectivity index (χ3v) is 4.06. The van der Waals surface area contributed by atoms with Gasteiger partial charge in [0.15, 0.2) is 0 Å². The molecule has 0 saturated carbocycles. The smallest absolute Gasteiger partial charge is 0.226 e. The zero-order valence-electron chi connectivity index (χ0n) is 16.1. The minimum absolute atomic E-state index is 0.107. The molecule has 0 spiro atoms. The maximum Gasteiger partial charge on any atom is 0.226 e. The summed E-state index contributed by atoms with van der Waals surface area (Å²) in [5.41, 5.74) is 4.07. The van der Waals surface area contributed by atoms with Crippen LogP contribution in [0.2, 0.25) is 0 Å². The molecule has 0 atom stereocenters. The molecule has 6 nitrogen and oxygen atoms in total. The summed E-state index contributed by atoms with van der Waals surface area (Å²) < 4.78 is 0. The molecule has 0 saturated heterocycles. The summed E-state index contributed by atoms with van der Waals surface area (Å²) >= 11 is 0. The van der Waals surface area contributed by atoms with Crippen molar-refractivity contribution in [1.82, 2.24) is 0 Å². The first kappa shape index (κ1) is 20.2. The van der Waals surface area contributed by atoms with Crippen LogP contribution in [0.15, 0.2) is 42.5 Å². The first-order chi connectivity index (χ1) is 12.8. The van der Waals surface area contributed by atoms with Gasteiger partial charge in [0, 0.05) is 43.9 Å². The summed E-state index contributed by atoms with van der Waals surface area (Å²) in [6.07, 6.45) is 0.164. The number of benzene rings is 2. The monoisotopic (exact) mass is 367 g/mol. The van der Waals surface area contributed by atoms with Gasteiger partial charge in [-0.1, -0.05) is 18.2 Å². The molecular formula is C21H25N3O3. The second-order valence-corrected chi connectivity index (χ2v) is 6.52. The highest BCUT2D eigenvalue weighted by Gasteiger charge is 2.16. The van der Waals surface area contributed by atoms with E-state index in [1.807, 2.05) is 32.0 Å². The molecule has 0 aliphatic rings. The minimum Gasteiger partial charge on any atom is -0.326 e. The Morgan fingerprint density at radius 3 is 2.22 bits per heavy atom. The lowest BCUT2D eigenvalue weighted by Gasteiger charge is -2.23. The van der Waals surface area contributed by atoms with E-state index < -0.39 is 0 Å². The topological polar surface area (TPSA) is 78.5 Å². The van der Waals surface area contributed by atoms with Gasteiger partial charge in [-0.15, -0.1) is 0 Å². The molecule has 0 aliphatic heterocycles. The Hall–Kier alpha value is -3.15. The van der Waals surface area contributed by atoms with Crippen molar-refractivity contribution in [2.45, 2.75) is 34.1 Å². The Bertz CT molecular complexity index is 862. The molecule has 0 bridgehead atoms. The van der Waals surface area contributed by atoms with Gasteiger partial charge < -0.3 is 15.5 Å². The van der Waals surface area contributed by atoms with Crippen molar-refractivity contribution in [1.29, 1.82) is 0 Å². The Morgan fingerprint density at radius 1 is 0.926 bits per heavy atom. The molecular weight excluding hydrogens is 342 g/mol. The standard InChI is InChI=1S/C21H25N3O3/c1-14-8-9-15(2)20(12-14)24(17(4)26)11-10-21(27)23-19-7-5-6-18(13-19)22-16(3)25/h5-9,12-13H,10-11H2,1-4H3,(H,22,25)(H,23,27). The van der Waals surface area contributed by atoms with Crippen molar-refractivity contribution in [3.05, 3.63) is 53.6 Å². The van der Waals surface area contributed by atoms with Crippen LogP contribution in [0.25, 0.3) is 0 Å². The highest BCUT2D eigenvalue weighted by atomic mass is 16.2. The normalized spacial score (nSPS) is 10.2. The molecule has 0 aromatic heterocycles. The Labute approximate surface area is 159 Å². The molecule has 0 heterocycles. The fraction of sp³-hybridized carbons (Fsp3) is 0.286. The van der Waals surface area contributed by atoms with Gasteiger partial charge in [0.1, 0.15) is 0 Å². The Morgan fingerprint density at radius 2 is 1.59 bits per heavy atom. The summed E-state index contributed by atoms with van der Waals surface area (Å²) in [7, 11) is 0. The summed E-state index contributed by atoms with van der Waals surface area (Å²) in [5.74, 6) is -0.486. The highest BCUT2D eigenvalue weighted by molar-refractivity contribution is 5.96. The first-order valence-electron chi connectivity index (χ1n) is 8.79. The van der Waals surface area contributed by atoms with Crippen LogP contribution in [0.3, 0.4) is 0 Å². The highest BCUT2D eigenvalue weighted by Crippen LogP contribution is 2.22. The SMILES string of the molecule is CC(=O)Nc1cccc(NC(=O)CCN(C(C)=O)c2cc(C)ccc2C)c1. The van der Waals surface area contributed by atoms with Crippen molar-refractivity contribution in [3.8, 4) is 0 Å². The quantitative estimate of drug-likeness (QED) is 0.818. The number of rotatable bonds is 6. The third kappa shape index (κ3) is 5.95. The number of hydrogen-bond donors (Lipinski definition) is 2. The molecule has 6 heteroatoms. The molecule has 3 amide bonds. The minimum atomic E-state index is -0.202. The molecule has 0 unspecified atom stereocenters. The molecule has 142 valence electrons. The van der Waals surface area contributed by atoms with Crippen LogP contribution < -0.4 is 15.5 Å². The molecule has 0 radical (unpaired) electrons.